The van der Waals surface area contributed by atoms with Gasteiger partial charge >= 0.3 is 6.09 Å². The number of benzene rings is 3. The van der Waals surface area contributed by atoms with E-state index in [2.05, 4.69) is 16.3 Å². The number of ether oxygens (including phenoxy) is 2. The number of halogens is 2. The van der Waals surface area contributed by atoms with Crippen LogP contribution in [0.25, 0.3) is 33.5 Å². The number of hydrogen-bond acceptors (Lipinski definition) is 7. The Kier molecular flexibility index (Phi) is 10.8. The van der Waals surface area contributed by atoms with Crippen molar-refractivity contribution < 1.29 is 29.3 Å². The van der Waals surface area contributed by atoms with Crippen molar-refractivity contribution in [1.82, 2.24) is 20.1 Å². The van der Waals surface area contributed by atoms with Crippen LogP contribution in [0.4, 0.5) is 4.79 Å². The smallest absolute Gasteiger partial charge is 0.407 e. The average molecular weight is 720 g/mol. The van der Waals surface area contributed by atoms with E-state index >= 15 is 0 Å². The summed E-state index contributed by atoms with van der Waals surface area (Å²) in [5.74, 6) is 0.993. The third-order valence-corrected chi connectivity index (χ3v) is 10.1. The standard InChI is InChI=1S/C38H40Cl2N4O6/c1-22(45)18-43-15-14-23-16-25(17-33(49-2)31(23)21-43)27-6-4-7-28(35(27)39)29-8-5-9-30(36(29)40)32-12-10-24(37(42-32)50-3)19-44(38(47)48)20-26-11-13-34(46)41-26/h4-10,12,16-17,22,26,45H,11,13-15,18-21H2,1-3H3,(H,41,46)(H,47,48)/t22-,26-/m0/s1. The Morgan fingerprint density at radius 2 is 1.72 bits per heavy atom. The van der Waals surface area contributed by atoms with E-state index in [0.29, 0.717) is 52.8 Å². The summed E-state index contributed by atoms with van der Waals surface area (Å²) < 4.78 is 11.4. The Labute approximate surface area is 301 Å². The summed E-state index contributed by atoms with van der Waals surface area (Å²) in [5, 5.41) is 23.6. The molecule has 2 aliphatic rings. The number of nitrogens with zero attached hydrogens (tertiary/aromatic N) is 3. The molecule has 262 valence electrons. The Morgan fingerprint density at radius 1 is 1.02 bits per heavy atom. The van der Waals surface area contributed by atoms with E-state index in [-0.39, 0.29) is 30.9 Å². The van der Waals surface area contributed by atoms with Crippen LogP contribution in [-0.4, -0.2) is 83.0 Å². The second kappa shape index (κ2) is 15.3. The summed E-state index contributed by atoms with van der Waals surface area (Å²) in [6, 6.07) is 19.1. The zero-order valence-electron chi connectivity index (χ0n) is 28.2. The van der Waals surface area contributed by atoms with Crippen LogP contribution < -0.4 is 14.8 Å². The number of carboxylic acid groups (broad SMARTS) is 1. The maximum atomic E-state index is 12.1. The van der Waals surface area contributed by atoms with Crippen molar-refractivity contribution in [2.24, 2.45) is 0 Å². The van der Waals surface area contributed by atoms with E-state index < -0.39 is 12.2 Å². The number of fused-ring (bicyclic) bond motifs is 1. The predicted octanol–water partition coefficient (Wildman–Crippen LogP) is 6.90. The number of pyridine rings is 1. The van der Waals surface area contributed by atoms with E-state index in [0.717, 1.165) is 46.5 Å². The maximum Gasteiger partial charge on any atom is 0.407 e. The second-order valence-electron chi connectivity index (χ2n) is 12.8. The normalized spacial score (nSPS) is 16.4. The van der Waals surface area contributed by atoms with Gasteiger partial charge < -0.3 is 29.9 Å². The van der Waals surface area contributed by atoms with Gasteiger partial charge in [0.15, 0.2) is 0 Å². The number of β-amino-alcohol motifs (C(OH)–C–C–N with tert-alkyl or cyclic N) is 1. The van der Waals surface area contributed by atoms with Gasteiger partial charge in [-0.25, -0.2) is 9.78 Å². The molecule has 1 aromatic heterocycles. The quantitative estimate of drug-likeness (QED) is 0.153. The van der Waals surface area contributed by atoms with Crippen molar-refractivity contribution in [2.75, 3.05) is 33.9 Å². The van der Waals surface area contributed by atoms with Crippen LogP contribution in [-0.2, 0) is 24.3 Å². The lowest BCUT2D eigenvalue weighted by Crippen LogP contribution is -2.41. The first-order valence-electron chi connectivity index (χ1n) is 16.6. The number of methoxy groups -OCH3 is 2. The summed E-state index contributed by atoms with van der Waals surface area (Å²) in [5.41, 5.74) is 7.41. The summed E-state index contributed by atoms with van der Waals surface area (Å²) in [7, 11) is 3.16. The average Bonchev–Trinajstić information content (AvgIpc) is 3.52. The van der Waals surface area contributed by atoms with Gasteiger partial charge in [0.1, 0.15) is 5.75 Å². The molecule has 3 N–H and O–H groups in total. The molecule has 2 aliphatic heterocycles. The van der Waals surface area contributed by atoms with Crippen molar-refractivity contribution in [3.05, 3.63) is 87.4 Å². The van der Waals surface area contributed by atoms with Gasteiger partial charge in [0, 0.05) is 72.0 Å². The van der Waals surface area contributed by atoms with E-state index in [4.69, 9.17) is 37.7 Å². The van der Waals surface area contributed by atoms with Crippen LogP contribution in [0, 0.1) is 0 Å². The lowest BCUT2D eigenvalue weighted by molar-refractivity contribution is -0.119. The van der Waals surface area contributed by atoms with Crippen LogP contribution >= 0.6 is 23.2 Å². The van der Waals surface area contributed by atoms with Gasteiger partial charge in [-0.2, -0.15) is 0 Å². The summed E-state index contributed by atoms with van der Waals surface area (Å²) in [4.78, 5) is 31.9. The highest BCUT2D eigenvalue weighted by Gasteiger charge is 2.27. The minimum atomic E-state index is -1.10. The maximum absolute atomic E-state index is 12.1. The summed E-state index contributed by atoms with van der Waals surface area (Å²) >= 11 is 14.3. The first-order chi connectivity index (χ1) is 24.1. The third kappa shape index (κ3) is 7.54. The lowest BCUT2D eigenvalue weighted by atomic mass is 9.91. The van der Waals surface area contributed by atoms with Gasteiger partial charge in [-0.05, 0) is 49.1 Å². The van der Waals surface area contributed by atoms with Gasteiger partial charge in [0.2, 0.25) is 11.8 Å². The molecule has 0 saturated carbocycles. The van der Waals surface area contributed by atoms with Gasteiger partial charge in [0.05, 0.1) is 42.6 Å². The molecule has 0 spiro atoms. The highest BCUT2D eigenvalue weighted by molar-refractivity contribution is 6.39. The highest BCUT2D eigenvalue weighted by atomic mass is 35.5. The molecule has 6 rings (SSSR count). The molecule has 2 atom stereocenters. The van der Waals surface area contributed by atoms with Crippen LogP contribution in [0.1, 0.15) is 36.5 Å². The highest BCUT2D eigenvalue weighted by Crippen LogP contribution is 2.44. The molecule has 0 radical (unpaired) electrons. The van der Waals surface area contributed by atoms with E-state index in [9.17, 15) is 19.8 Å². The van der Waals surface area contributed by atoms with Crippen molar-refractivity contribution in [2.45, 2.75) is 51.4 Å². The number of carbonyl (C=O) groups is 2. The molecule has 0 unspecified atom stereocenters. The van der Waals surface area contributed by atoms with Gasteiger partial charge in [-0.15, -0.1) is 0 Å². The third-order valence-electron chi connectivity index (χ3n) is 9.29. The van der Waals surface area contributed by atoms with Crippen molar-refractivity contribution in [3.8, 4) is 45.1 Å². The van der Waals surface area contributed by atoms with Crippen LogP contribution in [0.2, 0.25) is 10.0 Å². The largest absolute Gasteiger partial charge is 0.496 e. The van der Waals surface area contributed by atoms with E-state index in [1.54, 1.807) is 26.2 Å². The molecule has 12 heteroatoms. The zero-order valence-corrected chi connectivity index (χ0v) is 29.7. The van der Waals surface area contributed by atoms with Crippen LogP contribution in [0.5, 0.6) is 11.6 Å². The molecule has 1 fully saturated rings. The number of amides is 2. The van der Waals surface area contributed by atoms with Gasteiger partial charge in [-0.3, -0.25) is 9.69 Å². The van der Waals surface area contributed by atoms with E-state index in [1.165, 1.54) is 17.6 Å². The minimum absolute atomic E-state index is 0.0436. The Morgan fingerprint density at radius 3 is 2.36 bits per heavy atom. The molecule has 50 heavy (non-hydrogen) atoms. The SMILES string of the molecule is COc1cc(-c2cccc(-c3cccc(-c4ccc(CN(C[C@@H]5CCC(=O)N5)C(=O)O)c(OC)n4)c3Cl)c2Cl)cc2c1CN(C[C@H](C)O)CC2. The van der Waals surface area contributed by atoms with Gasteiger partial charge in [0.25, 0.3) is 0 Å². The molecule has 0 bridgehead atoms. The zero-order chi connectivity index (χ0) is 35.5. The lowest BCUT2D eigenvalue weighted by Gasteiger charge is -2.31. The van der Waals surface area contributed by atoms with Gasteiger partial charge in [-0.1, -0.05) is 65.7 Å². The summed E-state index contributed by atoms with van der Waals surface area (Å²) in [6.07, 6.45) is 0.311. The molecule has 3 heterocycles. The molecule has 2 amide bonds. The minimum Gasteiger partial charge on any atom is -0.496 e. The Bertz CT molecular complexity index is 1900. The monoisotopic (exact) mass is 718 g/mol. The first kappa shape index (κ1) is 35.5. The first-order valence-corrected chi connectivity index (χ1v) is 17.3. The molecule has 0 aliphatic carbocycles. The fourth-order valence-corrected chi connectivity index (χ4v) is 7.53. The summed E-state index contributed by atoms with van der Waals surface area (Å²) in [6.45, 7) is 4.17. The van der Waals surface area contributed by atoms with Crippen molar-refractivity contribution in [1.29, 1.82) is 0 Å². The van der Waals surface area contributed by atoms with E-state index in [1.807, 2.05) is 42.5 Å². The predicted molar refractivity (Wildman–Crippen MR) is 194 cm³/mol. The van der Waals surface area contributed by atoms with Crippen LogP contribution in [0.3, 0.4) is 0 Å². The molecule has 4 aromatic rings. The van der Waals surface area contributed by atoms with Crippen molar-refractivity contribution in [3.63, 3.8) is 0 Å². The molecular formula is C38H40Cl2N4O6. The number of aliphatic hydroxyl groups excluding tert-OH is 1. The fourth-order valence-electron chi connectivity index (χ4n) is 6.87. The number of nitrogens with one attached hydrogen (secondary N) is 1. The number of carbonyl (C=O) groups excluding carboxylic acids is 1. The van der Waals surface area contributed by atoms with Crippen molar-refractivity contribution >= 4 is 35.2 Å². The molecule has 10 nitrogen and oxygen atoms in total. The second-order valence-corrected chi connectivity index (χ2v) is 13.6. The molecule has 3 aromatic carbocycles. The van der Waals surface area contributed by atoms with Crippen LogP contribution in [0.15, 0.2) is 60.7 Å². The number of aliphatic hydroxyl groups is 1. The number of aromatic nitrogens is 1. The topological polar surface area (TPSA) is 124 Å². The Hall–Kier alpha value is -4.35. The molecule has 1 saturated heterocycles. The number of rotatable bonds is 11. The number of hydrogen-bond donors (Lipinski definition) is 3. The Balaban J connectivity index is 1.29. The molecular weight excluding hydrogens is 679 g/mol. The fraction of sp³-hybridized carbons (Fsp3) is 0.342.